The first-order valence-electron chi connectivity index (χ1n) is 12.3. The molecule has 2 amide bonds. The number of nitrogens with zero attached hydrogens (tertiary/aromatic N) is 2. The van der Waals surface area contributed by atoms with E-state index in [1.165, 1.54) is 18.4 Å². The van der Waals surface area contributed by atoms with Crippen molar-refractivity contribution >= 4 is 11.8 Å². The number of ether oxygens (including phenoxy) is 2. The summed E-state index contributed by atoms with van der Waals surface area (Å²) < 4.78 is 10.9. The standard InChI is InChI=1S/C27H35N3O4/c1-33-23-11-9-21(10-12-23)25(29-15-5-6-16-29)19-28-27(32)22-13-17-30(18-14-22)26(31)20-34-24-7-3-2-4-8-24/h2-4,7-12,22,25H,5-6,13-20H2,1H3,(H,28,32). The average Bonchev–Trinajstić information content (AvgIpc) is 3.43. The highest BCUT2D eigenvalue weighted by Gasteiger charge is 2.29. The van der Waals surface area contributed by atoms with E-state index in [0.29, 0.717) is 38.2 Å². The van der Waals surface area contributed by atoms with Gasteiger partial charge in [0.2, 0.25) is 5.91 Å². The van der Waals surface area contributed by atoms with Gasteiger partial charge in [-0.25, -0.2) is 0 Å². The van der Waals surface area contributed by atoms with Crippen molar-refractivity contribution in [2.24, 2.45) is 5.92 Å². The Hall–Kier alpha value is -3.06. The Morgan fingerprint density at radius 3 is 2.26 bits per heavy atom. The van der Waals surface area contributed by atoms with Crippen molar-refractivity contribution in [1.82, 2.24) is 15.1 Å². The van der Waals surface area contributed by atoms with Gasteiger partial charge in [0.05, 0.1) is 13.2 Å². The minimum Gasteiger partial charge on any atom is -0.497 e. The minimum atomic E-state index is -0.0609. The normalized spacial score (nSPS) is 17.9. The number of carbonyl (C=O) groups is 2. The van der Waals surface area contributed by atoms with Crippen LogP contribution in [0.15, 0.2) is 54.6 Å². The van der Waals surface area contributed by atoms with Gasteiger partial charge in [-0.3, -0.25) is 14.5 Å². The second-order valence-corrected chi connectivity index (χ2v) is 9.03. The number of hydrogen-bond acceptors (Lipinski definition) is 5. The van der Waals surface area contributed by atoms with E-state index >= 15 is 0 Å². The van der Waals surface area contributed by atoms with Crippen LogP contribution in [0.3, 0.4) is 0 Å². The molecule has 182 valence electrons. The van der Waals surface area contributed by atoms with Crippen LogP contribution >= 0.6 is 0 Å². The molecule has 7 nitrogen and oxygen atoms in total. The SMILES string of the molecule is COc1ccc(C(CNC(=O)C2CCN(C(=O)COc3ccccc3)CC2)N2CCCC2)cc1. The van der Waals surface area contributed by atoms with Gasteiger partial charge in [-0.05, 0) is 68.6 Å². The third kappa shape index (κ3) is 6.29. The lowest BCUT2D eigenvalue weighted by Gasteiger charge is -2.32. The lowest BCUT2D eigenvalue weighted by atomic mass is 9.95. The van der Waals surface area contributed by atoms with E-state index in [1.807, 2.05) is 42.5 Å². The molecule has 0 aliphatic carbocycles. The van der Waals surface area contributed by atoms with E-state index in [9.17, 15) is 9.59 Å². The summed E-state index contributed by atoms with van der Waals surface area (Å²) in [5.41, 5.74) is 1.20. The van der Waals surface area contributed by atoms with Crippen LogP contribution in [0.1, 0.15) is 37.3 Å². The number of nitrogens with one attached hydrogen (secondary N) is 1. The van der Waals surface area contributed by atoms with Crippen molar-refractivity contribution in [2.75, 3.05) is 46.4 Å². The molecule has 34 heavy (non-hydrogen) atoms. The zero-order valence-corrected chi connectivity index (χ0v) is 19.9. The van der Waals surface area contributed by atoms with E-state index in [2.05, 4.69) is 22.3 Å². The van der Waals surface area contributed by atoms with E-state index < -0.39 is 0 Å². The predicted octanol–water partition coefficient (Wildman–Crippen LogP) is 3.27. The quantitative estimate of drug-likeness (QED) is 0.616. The van der Waals surface area contributed by atoms with Crippen LogP contribution in [-0.4, -0.2) is 68.1 Å². The van der Waals surface area contributed by atoms with E-state index in [1.54, 1.807) is 12.0 Å². The van der Waals surface area contributed by atoms with E-state index in [4.69, 9.17) is 9.47 Å². The van der Waals surface area contributed by atoms with Gasteiger partial charge >= 0.3 is 0 Å². The molecule has 0 aromatic heterocycles. The molecule has 2 aromatic carbocycles. The maximum Gasteiger partial charge on any atom is 0.260 e. The highest BCUT2D eigenvalue weighted by molar-refractivity contribution is 5.80. The number of hydrogen-bond donors (Lipinski definition) is 1. The van der Waals surface area contributed by atoms with Crippen LogP contribution in [0.4, 0.5) is 0 Å². The fourth-order valence-corrected chi connectivity index (χ4v) is 4.82. The van der Waals surface area contributed by atoms with Crippen molar-refractivity contribution in [2.45, 2.75) is 31.7 Å². The van der Waals surface area contributed by atoms with Gasteiger partial charge < -0.3 is 19.7 Å². The van der Waals surface area contributed by atoms with E-state index in [-0.39, 0.29) is 30.4 Å². The van der Waals surface area contributed by atoms with Crippen molar-refractivity contribution in [3.63, 3.8) is 0 Å². The number of piperidine rings is 1. The summed E-state index contributed by atoms with van der Waals surface area (Å²) in [6.45, 7) is 3.90. The fourth-order valence-electron chi connectivity index (χ4n) is 4.82. The molecule has 2 aliphatic rings. The Morgan fingerprint density at radius 1 is 0.941 bits per heavy atom. The Balaban J connectivity index is 1.25. The summed E-state index contributed by atoms with van der Waals surface area (Å²) in [5, 5.41) is 3.21. The van der Waals surface area contributed by atoms with Crippen LogP contribution in [-0.2, 0) is 9.59 Å². The highest BCUT2D eigenvalue weighted by atomic mass is 16.5. The maximum absolute atomic E-state index is 13.0. The molecule has 2 heterocycles. The summed E-state index contributed by atoms with van der Waals surface area (Å²) >= 11 is 0. The van der Waals surface area contributed by atoms with Gasteiger partial charge in [-0.1, -0.05) is 30.3 Å². The number of para-hydroxylation sites is 1. The summed E-state index contributed by atoms with van der Waals surface area (Å²) in [7, 11) is 1.67. The van der Waals surface area contributed by atoms with Gasteiger partial charge in [0, 0.05) is 25.6 Å². The Bertz CT molecular complexity index is 921. The lowest BCUT2D eigenvalue weighted by molar-refractivity contribution is -0.137. The first-order chi connectivity index (χ1) is 16.6. The molecule has 7 heteroatoms. The number of methoxy groups -OCH3 is 1. The first-order valence-corrected chi connectivity index (χ1v) is 12.3. The highest BCUT2D eigenvalue weighted by Crippen LogP contribution is 2.27. The molecule has 1 N–H and O–H groups in total. The van der Waals surface area contributed by atoms with Crippen molar-refractivity contribution < 1.29 is 19.1 Å². The average molecular weight is 466 g/mol. The second-order valence-electron chi connectivity index (χ2n) is 9.03. The third-order valence-electron chi connectivity index (χ3n) is 6.88. The zero-order valence-electron chi connectivity index (χ0n) is 19.9. The van der Waals surface area contributed by atoms with Crippen LogP contribution in [0, 0.1) is 5.92 Å². The lowest BCUT2D eigenvalue weighted by Crippen LogP contribution is -2.45. The van der Waals surface area contributed by atoms with Gasteiger partial charge in [0.15, 0.2) is 6.61 Å². The van der Waals surface area contributed by atoms with Crippen LogP contribution in [0.25, 0.3) is 0 Å². The summed E-state index contributed by atoms with van der Waals surface area (Å²) in [6, 6.07) is 17.7. The number of benzene rings is 2. The second kappa shape index (κ2) is 11.9. The van der Waals surface area contributed by atoms with Crippen LogP contribution < -0.4 is 14.8 Å². The Morgan fingerprint density at radius 2 is 1.62 bits per heavy atom. The van der Waals surface area contributed by atoms with Crippen LogP contribution in [0.2, 0.25) is 0 Å². The molecule has 0 bridgehead atoms. The number of carbonyl (C=O) groups excluding carboxylic acids is 2. The van der Waals surface area contributed by atoms with Gasteiger partial charge in [0.25, 0.3) is 5.91 Å². The molecular formula is C27H35N3O4. The monoisotopic (exact) mass is 465 g/mol. The maximum atomic E-state index is 13.0. The molecule has 0 radical (unpaired) electrons. The molecule has 0 saturated carbocycles. The molecule has 2 aliphatic heterocycles. The van der Waals surface area contributed by atoms with Crippen LogP contribution in [0.5, 0.6) is 11.5 Å². The summed E-state index contributed by atoms with van der Waals surface area (Å²) in [6.07, 6.45) is 3.75. The first kappa shape index (κ1) is 24.1. The topological polar surface area (TPSA) is 71.1 Å². The smallest absolute Gasteiger partial charge is 0.260 e. The molecule has 2 aromatic rings. The largest absolute Gasteiger partial charge is 0.497 e. The number of likely N-dealkylation sites (tertiary alicyclic amines) is 2. The van der Waals surface area contributed by atoms with Crippen molar-refractivity contribution in [3.8, 4) is 11.5 Å². The molecule has 2 fully saturated rings. The Labute approximate surface area is 202 Å². The third-order valence-corrected chi connectivity index (χ3v) is 6.88. The van der Waals surface area contributed by atoms with E-state index in [0.717, 1.165) is 18.8 Å². The van der Waals surface area contributed by atoms with Crippen molar-refractivity contribution in [3.05, 3.63) is 60.2 Å². The Kier molecular flexibility index (Phi) is 8.41. The summed E-state index contributed by atoms with van der Waals surface area (Å²) in [4.78, 5) is 29.7. The molecule has 1 unspecified atom stereocenters. The molecular weight excluding hydrogens is 430 g/mol. The van der Waals surface area contributed by atoms with Gasteiger partial charge in [-0.15, -0.1) is 0 Å². The van der Waals surface area contributed by atoms with Crippen molar-refractivity contribution in [1.29, 1.82) is 0 Å². The van der Waals surface area contributed by atoms with Gasteiger partial charge in [0.1, 0.15) is 11.5 Å². The number of amides is 2. The molecule has 1 atom stereocenters. The fraction of sp³-hybridized carbons (Fsp3) is 0.481. The predicted molar refractivity (Wildman–Crippen MR) is 131 cm³/mol. The number of rotatable bonds is 9. The minimum absolute atomic E-state index is 0.0280. The van der Waals surface area contributed by atoms with Gasteiger partial charge in [-0.2, -0.15) is 0 Å². The molecule has 0 spiro atoms. The molecule has 2 saturated heterocycles. The summed E-state index contributed by atoms with van der Waals surface area (Å²) in [5.74, 6) is 1.52. The zero-order chi connectivity index (χ0) is 23.8. The molecule has 4 rings (SSSR count).